The van der Waals surface area contributed by atoms with Crippen LogP contribution < -0.4 is 0 Å². The Morgan fingerprint density at radius 2 is 2.31 bits per heavy atom. The highest BCUT2D eigenvalue weighted by Gasteiger charge is 2.24. The summed E-state index contributed by atoms with van der Waals surface area (Å²) in [6.07, 6.45) is 0. The number of thioether (sulfide) groups is 1. The van der Waals surface area contributed by atoms with E-state index in [1.54, 1.807) is 23.1 Å². The van der Waals surface area contributed by atoms with Crippen molar-refractivity contribution in [1.82, 2.24) is 0 Å². The molecule has 0 aliphatic heterocycles. The van der Waals surface area contributed by atoms with Crippen LogP contribution in [0, 0.1) is 5.92 Å². The van der Waals surface area contributed by atoms with Gasteiger partial charge in [0.25, 0.3) is 0 Å². The molecule has 0 bridgehead atoms. The van der Waals surface area contributed by atoms with Crippen molar-refractivity contribution in [3.05, 3.63) is 17.5 Å². The topological polar surface area (TPSA) is 20.2 Å². The fraction of sp³-hybridized carbons (Fsp3) is 0.600. The summed E-state index contributed by atoms with van der Waals surface area (Å²) in [5, 5.41) is 12.0. The van der Waals surface area contributed by atoms with Gasteiger partial charge < -0.3 is 5.11 Å². The molecule has 3 heteroatoms. The molecule has 1 nitrogen and oxygen atoms in total. The number of hydrogen-bond acceptors (Lipinski definition) is 3. The first-order valence-corrected chi connectivity index (χ1v) is 6.27. The second-order valence-corrected chi connectivity index (χ2v) is 5.96. The molecule has 1 unspecified atom stereocenters. The van der Waals surface area contributed by atoms with Gasteiger partial charge >= 0.3 is 0 Å². The smallest absolute Gasteiger partial charge is 0.0736 e. The second-order valence-electron chi connectivity index (χ2n) is 3.73. The van der Waals surface area contributed by atoms with Gasteiger partial charge in [-0.1, -0.05) is 19.9 Å². The van der Waals surface area contributed by atoms with Crippen LogP contribution in [0.2, 0.25) is 0 Å². The van der Waals surface area contributed by atoms with Crippen LogP contribution in [0.5, 0.6) is 0 Å². The first-order chi connectivity index (χ1) is 6.02. The van der Waals surface area contributed by atoms with Crippen molar-refractivity contribution in [2.75, 3.05) is 5.75 Å². The molecule has 0 saturated heterocycles. The summed E-state index contributed by atoms with van der Waals surface area (Å²) in [5.41, 5.74) is -0.561. The maximum atomic E-state index is 9.97. The molecule has 0 amide bonds. The molecule has 1 atom stereocenters. The quantitative estimate of drug-likeness (QED) is 0.780. The lowest BCUT2D eigenvalue weighted by Gasteiger charge is -2.26. The van der Waals surface area contributed by atoms with Gasteiger partial charge in [0.05, 0.1) is 9.81 Å². The zero-order valence-electron chi connectivity index (χ0n) is 8.28. The van der Waals surface area contributed by atoms with E-state index in [4.69, 9.17) is 0 Å². The Bertz CT molecular complexity index is 239. The van der Waals surface area contributed by atoms with Crippen molar-refractivity contribution >= 4 is 23.1 Å². The molecule has 1 rings (SSSR count). The zero-order chi connectivity index (χ0) is 9.90. The van der Waals surface area contributed by atoms with E-state index >= 15 is 0 Å². The number of aliphatic hydroxyl groups is 1. The average Bonchev–Trinajstić information content (AvgIpc) is 2.52. The van der Waals surface area contributed by atoms with Gasteiger partial charge in [-0.3, -0.25) is 0 Å². The van der Waals surface area contributed by atoms with E-state index in [0.717, 1.165) is 5.75 Å². The van der Waals surface area contributed by atoms with E-state index in [0.29, 0.717) is 5.92 Å². The normalized spacial score (nSPS) is 16.1. The minimum absolute atomic E-state index is 0.306. The molecule has 13 heavy (non-hydrogen) atoms. The minimum atomic E-state index is -0.561. The Morgan fingerprint density at radius 1 is 1.62 bits per heavy atom. The summed E-state index contributed by atoms with van der Waals surface area (Å²) >= 11 is 3.46. The third kappa shape index (κ3) is 3.33. The van der Waals surface area contributed by atoms with Crippen LogP contribution >= 0.6 is 23.1 Å². The van der Waals surface area contributed by atoms with Crippen LogP contribution in [0.4, 0.5) is 0 Å². The molecular weight excluding hydrogens is 200 g/mol. The van der Waals surface area contributed by atoms with E-state index < -0.39 is 5.60 Å². The highest BCUT2D eigenvalue weighted by Crippen LogP contribution is 2.29. The summed E-state index contributed by atoms with van der Waals surface area (Å²) < 4.78 is 1.28. The standard InChI is InChI=1S/C10H16OS2/c1-8(2)10(3,11)7-13-9-5-4-6-12-9/h4-6,8,11H,7H2,1-3H3. The molecule has 1 aromatic rings. The van der Waals surface area contributed by atoms with Crippen molar-refractivity contribution in [1.29, 1.82) is 0 Å². The van der Waals surface area contributed by atoms with Gasteiger partial charge in [-0.15, -0.1) is 23.1 Å². The molecule has 1 heterocycles. The molecule has 0 aromatic carbocycles. The summed E-state index contributed by atoms with van der Waals surface area (Å²) in [7, 11) is 0. The lowest BCUT2D eigenvalue weighted by atomic mass is 9.95. The van der Waals surface area contributed by atoms with Gasteiger partial charge in [0.1, 0.15) is 0 Å². The first-order valence-electron chi connectivity index (χ1n) is 4.41. The SMILES string of the molecule is CC(C)C(C)(O)CSc1cccs1. The fourth-order valence-electron chi connectivity index (χ4n) is 0.730. The minimum Gasteiger partial charge on any atom is -0.389 e. The third-order valence-corrected chi connectivity index (χ3v) is 4.70. The average molecular weight is 216 g/mol. The molecule has 0 fully saturated rings. The lowest BCUT2D eigenvalue weighted by Crippen LogP contribution is -2.33. The summed E-state index contributed by atoms with van der Waals surface area (Å²) in [6, 6.07) is 4.13. The monoisotopic (exact) mass is 216 g/mol. The molecule has 1 N–H and O–H groups in total. The maximum absolute atomic E-state index is 9.97. The van der Waals surface area contributed by atoms with Crippen molar-refractivity contribution in [2.24, 2.45) is 5.92 Å². The van der Waals surface area contributed by atoms with E-state index in [9.17, 15) is 5.11 Å². The summed E-state index contributed by atoms with van der Waals surface area (Å²) in [6.45, 7) is 6.00. The van der Waals surface area contributed by atoms with Gasteiger partial charge in [-0.05, 0) is 24.3 Å². The predicted octanol–water partition coefficient (Wildman–Crippen LogP) is 3.25. The molecule has 0 saturated carbocycles. The molecule has 74 valence electrons. The highest BCUT2D eigenvalue weighted by molar-refractivity contribution is 8.01. The van der Waals surface area contributed by atoms with Gasteiger partial charge in [-0.2, -0.15) is 0 Å². The van der Waals surface area contributed by atoms with E-state index in [1.807, 2.05) is 13.0 Å². The van der Waals surface area contributed by atoms with E-state index in [2.05, 4.69) is 25.3 Å². The van der Waals surface area contributed by atoms with Crippen LogP contribution in [-0.2, 0) is 0 Å². The summed E-state index contributed by atoms with van der Waals surface area (Å²) in [4.78, 5) is 0. The highest BCUT2D eigenvalue weighted by atomic mass is 32.2. The van der Waals surface area contributed by atoms with Crippen molar-refractivity contribution in [2.45, 2.75) is 30.6 Å². The molecule has 1 aromatic heterocycles. The summed E-state index contributed by atoms with van der Waals surface area (Å²) in [5.74, 6) is 1.07. The fourth-order valence-corrected chi connectivity index (χ4v) is 2.74. The Hall–Kier alpha value is 0.01000. The van der Waals surface area contributed by atoms with Crippen LogP contribution in [0.1, 0.15) is 20.8 Å². The molecular formula is C10H16OS2. The van der Waals surface area contributed by atoms with Crippen LogP contribution in [0.3, 0.4) is 0 Å². The van der Waals surface area contributed by atoms with Crippen molar-refractivity contribution in [3.63, 3.8) is 0 Å². The number of hydrogen-bond donors (Lipinski definition) is 1. The van der Waals surface area contributed by atoms with Gasteiger partial charge in [0.15, 0.2) is 0 Å². The molecule has 0 radical (unpaired) electrons. The van der Waals surface area contributed by atoms with E-state index in [-0.39, 0.29) is 0 Å². The predicted molar refractivity (Wildman–Crippen MR) is 60.5 cm³/mol. The Labute approximate surface area is 88.2 Å². The zero-order valence-corrected chi connectivity index (χ0v) is 9.91. The number of rotatable bonds is 4. The second kappa shape index (κ2) is 4.49. The largest absolute Gasteiger partial charge is 0.389 e. The van der Waals surface area contributed by atoms with E-state index in [1.165, 1.54) is 4.21 Å². The van der Waals surface area contributed by atoms with Crippen molar-refractivity contribution < 1.29 is 5.11 Å². The van der Waals surface area contributed by atoms with Crippen LogP contribution in [0.25, 0.3) is 0 Å². The lowest BCUT2D eigenvalue weighted by molar-refractivity contribution is 0.0377. The molecule has 0 aliphatic rings. The van der Waals surface area contributed by atoms with Gasteiger partial charge in [-0.25, -0.2) is 0 Å². The van der Waals surface area contributed by atoms with Gasteiger partial charge in [0, 0.05) is 5.75 Å². The first kappa shape index (κ1) is 11.1. The number of thiophene rings is 1. The molecule has 0 spiro atoms. The van der Waals surface area contributed by atoms with Crippen LogP contribution in [0.15, 0.2) is 21.7 Å². The van der Waals surface area contributed by atoms with Crippen LogP contribution in [-0.4, -0.2) is 16.5 Å². The Kier molecular flexibility index (Phi) is 3.83. The third-order valence-electron chi connectivity index (χ3n) is 2.25. The van der Waals surface area contributed by atoms with Gasteiger partial charge in [0.2, 0.25) is 0 Å². The Morgan fingerprint density at radius 3 is 2.77 bits per heavy atom. The van der Waals surface area contributed by atoms with Crippen molar-refractivity contribution in [3.8, 4) is 0 Å². The Balaban J connectivity index is 2.42. The molecule has 0 aliphatic carbocycles. The maximum Gasteiger partial charge on any atom is 0.0736 e.